The predicted molar refractivity (Wildman–Crippen MR) is 61.1 cm³/mol. The Bertz CT molecular complexity index is 581. The summed E-state index contributed by atoms with van der Waals surface area (Å²) in [6.45, 7) is 1.46. The van der Waals surface area contributed by atoms with E-state index in [-0.39, 0.29) is 11.5 Å². The van der Waals surface area contributed by atoms with Crippen LogP contribution in [-0.2, 0) is 0 Å². The van der Waals surface area contributed by atoms with Crippen molar-refractivity contribution in [3.8, 4) is 11.1 Å². The first kappa shape index (κ1) is 11.1. The van der Waals surface area contributed by atoms with Gasteiger partial charge in [-0.3, -0.25) is 4.79 Å². The minimum atomic E-state index is -1.13. The van der Waals surface area contributed by atoms with Gasteiger partial charge in [0.15, 0.2) is 5.78 Å². The normalized spacial score (nSPS) is 10.2. The van der Waals surface area contributed by atoms with Crippen LogP contribution >= 0.6 is 0 Å². The lowest BCUT2D eigenvalue weighted by molar-refractivity contribution is 0.0663. The highest BCUT2D eigenvalue weighted by atomic mass is 16.4. The molecule has 0 atom stereocenters. The molecule has 0 aliphatic rings. The molecule has 1 aromatic heterocycles. The third kappa shape index (κ3) is 2.10. The Hall–Kier alpha value is -2.36. The summed E-state index contributed by atoms with van der Waals surface area (Å²) >= 11 is 0. The van der Waals surface area contributed by atoms with Crippen LogP contribution in [0.1, 0.15) is 27.8 Å². The molecule has 4 heteroatoms. The van der Waals surface area contributed by atoms with E-state index in [1.807, 2.05) is 0 Å². The maximum Gasteiger partial charge on any atom is 0.372 e. The van der Waals surface area contributed by atoms with Gasteiger partial charge in [-0.05, 0) is 24.6 Å². The maximum atomic E-state index is 11.2. The molecule has 2 aromatic rings. The second kappa shape index (κ2) is 4.25. The number of carboxylic acid groups (broad SMARTS) is 1. The average molecular weight is 230 g/mol. The molecule has 2 rings (SSSR count). The van der Waals surface area contributed by atoms with Crippen molar-refractivity contribution in [2.45, 2.75) is 6.92 Å². The highest BCUT2D eigenvalue weighted by Crippen LogP contribution is 2.25. The number of furan rings is 1. The van der Waals surface area contributed by atoms with Gasteiger partial charge in [-0.2, -0.15) is 0 Å². The van der Waals surface area contributed by atoms with Crippen molar-refractivity contribution in [2.24, 2.45) is 0 Å². The summed E-state index contributed by atoms with van der Waals surface area (Å²) < 4.78 is 4.90. The molecule has 0 spiro atoms. The summed E-state index contributed by atoms with van der Waals surface area (Å²) in [5.41, 5.74) is 1.67. The first-order chi connectivity index (χ1) is 8.09. The van der Waals surface area contributed by atoms with Crippen molar-refractivity contribution in [1.29, 1.82) is 0 Å². The van der Waals surface area contributed by atoms with E-state index in [4.69, 9.17) is 9.52 Å². The van der Waals surface area contributed by atoms with Gasteiger partial charge in [0, 0.05) is 11.1 Å². The molecule has 0 radical (unpaired) electrons. The molecule has 86 valence electrons. The topological polar surface area (TPSA) is 67.5 Å². The van der Waals surface area contributed by atoms with Gasteiger partial charge in [0.25, 0.3) is 0 Å². The van der Waals surface area contributed by atoms with Gasteiger partial charge < -0.3 is 9.52 Å². The number of Topliss-reactive ketones (excluding diaryl/α,β-unsaturated/α-hetero) is 1. The molecular formula is C13H10O4. The number of rotatable bonds is 3. The van der Waals surface area contributed by atoms with Crippen LogP contribution in [0.3, 0.4) is 0 Å². The zero-order chi connectivity index (χ0) is 12.4. The van der Waals surface area contributed by atoms with Crippen LogP contribution in [0, 0.1) is 0 Å². The molecule has 1 heterocycles. The van der Waals surface area contributed by atoms with Crippen molar-refractivity contribution in [3.05, 3.63) is 47.9 Å². The molecule has 0 fully saturated rings. The van der Waals surface area contributed by atoms with E-state index in [0.29, 0.717) is 16.7 Å². The minimum Gasteiger partial charge on any atom is -0.475 e. The fraction of sp³-hybridized carbons (Fsp3) is 0.0769. The molecule has 1 aromatic carbocycles. The van der Waals surface area contributed by atoms with Gasteiger partial charge in [-0.15, -0.1) is 0 Å². The maximum absolute atomic E-state index is 11.2. The third-order valence-corrected chi connectivity index (χ3v) is 2.44. The highest BCUT2D eigenvalue weighted by Gasteiger charge is 2.15. The van der Waals surface area contributed by atoms with E-state index in [1.54, 1.807) is 30.3 Å². The first-order valence-electron chi connectivity index (χ1n) is 5.02. The van der Waals surface area contributed by atoms with Crippen LogP contribution in [0.5, 0.6) is 0 Å². The Labute approximate surface area is 97.5 Å². The largest absolute Gasteiger partial charge is 0.475 e. The number of carbonyl (C=O) groups excluding carboxylic acids is 1. The standard InChI is InChI=1S/C13H10O4/c1-8(14)9-3-2-4-10(7-9)11-5-6-17-12(11)13(15)16/h2-7H,1H3,(H,15,16). The SMILES string of the molecule is CC(=O)c1cccc(-c2ccoc2C(=O)O)c1. The monoisotopic (exact) mass is 230 g/mol. The van der Waals surface area contributed by atoms with E-state index in [1.165, 1.54) is 13.2 Å². The second-order valence-electron chi connectivity index (χ2n) is 3.61. The molecule has 4 nitrogen and oxygen atoms in total. The van der Waals surface area contributed by atoms with Crippen molar-refractivity contribution in [1.82, 2.24) is 0 Å². The number of ketones is 1. The van der Waals surface area contributed by atoms with E-state index < -0.39 is 5.97 Å². The second-order valence-corrected chi connectivity index (χ2v) is 3.61. The summed E-state index contributed by atoms with van der Waals surface area (Å²) in [5.74, 6) is -1.31. The Morgan fingerprint density at radius 1 is 1.24 bits per heavy atom. The lowest BCUT2D eigenvalue weighted by Gasteiger charge is -2.01. The third-order valence-electron chi connectivity index (χ3n) is 2.44. The first-order valence-corrected chi connectivity index (χ1v) is 5.02. The van der Waals surface area contributed by atoms with Gasteiger partial charge in [0.05, 0.1) is 6.26 Å². The van der Waals surface area contributed by atoms with Gasteiger partial charge in [-0.1, -0.05) is 18.2 Å². The smallest absolute Gasteiger partial charge is 0.372 e. The van der Waals surface area contributed by atoms with Gasteiger partial charge in [0.1, 0.15) is 0 Å². The zero-order valence-corrected chi connectivity index (χ0v) is 9.14. The molecule has 0 saturated carbocycles. The molecule has 1 N–H and O–H groups in total. The van der Waals surface area contributed by atoms with Gasteiger partial charge >= 0.3 is 5.97 Å². The van der Waals surface area contributed by atoms with Crippen LogP contribution in [0.25, 0.3) is 11.1 Å². The Balaban J connectivity index is 2.53. The lowest BCUT2D eigenvalue weighted by atomic mass is 10.0. The summed E-state index contributed by atoms with van der Waals surface area (Å²) in [5, 5.41) is 8.93. The van der Waals surface area contributed by atoms with Crippen molar-refractivity contribution in [3.63, 3.8) is 0 Å². The van der Waals surface area contributed by atoms with Crippen molar-refractivity contribution < 1.29 is 19.1 Å². The van der Waals surface area contributed by atoms with Gasteiger partial charge in [-0.25, -0.2) is 4.79 Å². The van der Waals surface area contributed by atoms with Crippen LogP contribution < -0.4 is 0 Å². The molecule has 0 unspecified atom stereocenters. The van der Waals surface area contributed by atoms with Crippen LogP contribution in [-0.4, -0.2) is 16.9 Å². The Morgan fingerprint density at radius 2 is 2.00 bits per heavy atom. The number of aromatic carboxylic acids is 1. The summed E-state index contributed by atoms with van der Waals surface area (Å²) in [7, 11) is 0. The van der Waals surface area contributed by atoms with Crippen LogP contribution in [0.4, 0.5) is 0 Å². The van der Waals surface area contributed by atoms with Crippen molar-refractivity contribution in [2.75, 3.05) is 0 Å². The molecule has 0 aliphatic heterocycles. The summed E-state index contributed by atoms with van der Waals surface area (Å²) in [6.07, 6.45) is 1.32. The Kier molecular flexibility index (Phi) is 2.78. The van der Waals surface area contributed by atoms with E-state index in [9.17, 15) is 9.59 Å². The molecular weight excluding hydrogens is 220 g/mol. The average Bonchev–Trinajstić information content (AvgIpc) is 2.78. The number of benzene rings is 1. The predicted octanol–water partition coefficient (Wildman–Crippen LogP) is 2.85. The van der Waals surface area contributed by atoms with Crippen LogP contribution in [0.2, 0.25) is 0 Å². The number of hydrogen-bond donors (Lipinski definition) is 1. The minimum absolute atomic E-state index is 0.0628. The zero-order valence-electron chi connectivity index (χ0n) is 9.14. The Morgan fingerprint density at radius 3 is 2.65 bits per heavy atom. The fourth-order valence-corrected chi connectivity index (χ4v) is 1.61. The fourth-order valence-electron chi connectivity index (χ4n) is 1.61. The summed E-state index contributed by atoms with van der Waals surface area (Å²) in [4.78, 5) is 22.2. The summed E-state index contributed by atoms with van der Waals surface area (Å²) in [6, 6.07) is 8.36. The number of carboxylic acids is 1. The number of carbonyl (C=O) groups is 2. The highest BCUT2D eigenvalue weighted by molar-refractivity contribution is 5.97. The van der Waals surface area contributed by atoms with Gasteiger partial charge in [0.2, 0.25) is 5.76 Å². The molecule has 17 heavy (non-hydrogen) atoms. The van der Waals surface area contributed by atoms with Crippen molar-refractivity contribution >= 4 is 11.8 Å². The molecule has 0 amide bonds. The quantitative estimate of drug-likeness (QED) is 0.823. The van der Waals surface area contributed by atoms with E-state index in [0.717, 1.165) is 0 Å². The van der Waals surface area contributed by atoms with E-state index in [2.05, 4.69) is 0 Å². The van der Waals surface area contributed by atoms with E-state index >= 15 is 0 Å². The molecule has 0 bridgehead atoms. The van der Waals surface area contributed by atoms with Crippen LogP contribution in [0.15, 0.2) is 41.0 Å². The number of hydrogen-bond acceptors (Lipinski definition) is 3. The molecule has 0 aliphatic carbocycles. The lowest BCUT2D eigenvalue weighted by Crippen LogP contribution is -1.97. The molecule has 0 saturated heterocycles.